The van der Waals surface area contributed by atoms with Gasteiger partial charge in [-0.15, -0.1) is 12.4 Å². The van der Waals surface area contributed by atoms with Gasteiger partial charge in [0.15, 0.2) is 0 Å². The molecule has 0 radical (unpaired) electrons. The number of nitriles is 1. The van der Waals surface area contributed by atoms with Gasteiger partial charge in [0.25, 0.3) is 0 Å². The minimum absolute atomic E-state index is 0. The third-order valence-electron chi connectivity index (χ3n) is 3.80. The molecule has 1 aromatic rings. The Morgan fingerprint density at radius 3 is 2.48 bits per heavy atom. The summed E-state index contributed by atoms with van der Waals surface area (Å²) in [5, 5.41) is 12.1. The van der Waals surface area contributed by atoms with E-state index < -0.39 is 10.0 Å². The molecular formula is C14H20ClN3O2S. The molecule has 1 heterocycles. The van der Waals surface area contributed by atoms with Crippen LogP contribution in [0.25, 0.3) is 0 Å². The summed E-state index contributed by atoms with van der Waals surface area (Å²) in [5.41, 5.74) is 1.05. The van der Waals surface area contributed by atoms with Crippen molar-refractivity contribution < 1.29 is 8.42 Å². The van der Waals surface area contributed by atoms with E-state index in [0.29, 0.717) is 30.3 Å². The summed E-state index contributed by atoms with van der Waals surface area (Å²) >= 11 is 0. The van der Waals surface area contributed by atoms with Crippen molar-refractivity contribution in [3.8, 4) is 6.07 Å². The molecule has 0 unspecified atom stereocenters. The number of piperidine rings is 1. The van der Waals surface area contributed by atoms with Crippen molar-refractivity contribution in [2.75, 3.05) is 20.1 Å². The fourth-order valence-corrected chi connectivity index (χ4v) is 4.19. The van der Waals surface area contributed by atoms with E-state index in [1.165, 1.54) is 10.4 Å². The Hall–Kier alpha value is -1.13. The molecule has 0 amide bonds. The highest BCUT2D eigenvalue weighted by Crippen LogP contribution is 2.24. The van der Waals surface area contributed by atoms with Gasteiger partial charge in [0.05, 0.1) is 16.5 Å². The van der Waals surface area contributed by atoms with Gasteiger partial charge in [0.1, 0.15) is 0 Å². The van der Waals surface area contributed by atoms with E-state index in [1.807, 2.05) is 13.1 Å². The van der Waals surface area contributed by atoms with E-state index in [4.69, 9.17) is 5.26 Å². The van der Waals surface area contributed by atoms with Crippen LogP contribution in [-0.2, 0) is 10.0 Å². The van der Waals surface area contributed by atoms with Gasteiger partial charge in [-0.3, -0.25) is 0 Å². The number of aryl methyl sites for hydroxylation is 1. The first kappa shape index (κ1) is 17.9. The largest absolute Gasteiger partial charge is 0.317 e. The topological polar surface area (TPSA) is 73.2 Å². The summed E-state index contributed by atoms with van der Waals surface area (Å²) < 4.78 is 26.9. The van der Waals surface area contributed by atoms with Crippen LogP contribution in [0.15, 0.2) is 23.1 Å². The van der Waals surface area contributed by atoms with Crippen molar-refractivity contribution in [3.63, 3.8) is 0 Å². The van der Waals surface area contributed by atoms with Crippen LogP contribution in [0.2, 0.25) is 0 Å². The summed E-state index contributed by atoms with van der Waals surface area (Å²) in [6, 6.07) is 7.17. The minimum Gasteiger partial charge on any atom is -0.317 e. The van der Waals surface area contributed by atoms with Gasteiger partial charge in [-0.1, -0.05) is 6.07 Å². The van der Waals surface area contributed by atoms with Crippen LogP contribution >= 0.6 is 12.4 Å². The standard InChI is InChI=1S/C14H19N3O2S.ClH/c1-11-3-4-12(10-15)9-14(11)20(18,19)17-7-5-13(16-2)6-8-17;/h3-4,9,13,16H,5-8H2,1-2H3;1H. The van der Waals surface area contributed by atoms with Crippen LogP contribution < -0.4 is 5.32 Å². The molecule has 2 rings (SSSR count). The minimum atomic E-state index is -3.50. The monoisotopic (exact) mass is 329 g/mol. The van der Waals surface area contributed by atoms with E-state index in [0.717, 1.165) is 12.8 Å². The van der Waals surface area contributed by atoms with Crippen molar-refractivity contribution in [3.05, 3.63) is 29.3 Å². The highest BCUT2D eigenvalue weighted by Gasteiger charge is 2.30. The maximum atomic E-state index is 12.7. The van der Waals surface area contributed by atoms with Crippen LogP contribution in [0, 0.1) is 18.3 Å². The zero-order valence-corrected chi connectivity index (χ0v) is 13.8. The number of halogens is 1. The van der Waals surface area contributed by atoms with Crippen molar-refractivity contribution in [1.29, 1.82) is 5.26 Å². The van der Waals surface area contributed by atoms with Crippen LogP contribution in [0.4, 0.5) is 0 Å². The number of rotatable bonds is 3. The van der Waals surface area contributed by atoms with E-state index in [-0.39, 0.29) is 17.3 Å². The molecular weight excluding hydrogens is 310 g/mol. The van der Waals surface area contributed by atoms with Gasteiger partial charge in [0.2, 0.25) is 10.0 Å². The predicted octanol–water partition coefficient (Wildman–Crippen LogP) is 1.66. The van der Waals surface area contributed by atoms with Crippen LogP contribution in [-0.4, -0.2) is 38.9 Å². The summed E-state index contributed by atoms with van der Waals surface area (Å²) in [5.74, 6) is 0. The second-order valence-corrected chi connectivity index (χ2v) is 6.97. The quantitative estimate of drug-likeness (QED) is 0.915. The average Bonchev–Trinajstić information content (AvgIpc) is 2.47. The van der Waals surface area contributed by atoms with E-state index in [2.05, 4.69) is 5.32 Å². The second kappa shape index (κ2) is 7.23. The van der Waals surface area contributed by atoms with Crippen molar-refractivity contribution in [2.45, 2.75) is 30.7 Å². The number of sulfonamides is 1. The zero-order valence-electron chi connectivity index (χ0n) is 12.2. The summed E-state index contributed by atoms with van der Waals surface area (Å²) in [6.07, 6.45) is 1.62. The lowest BCUT2D eigenvalue weighted by Gasteiger charge is -2.31. The molecule has 0 aromatic heterocycles. The maximum Gasteiger partial charge on any atom is 0.243 e. The highest BCUT2D eigenvalue weighted by atomic mass is 35.5. The Kier molecular flexibility index (Phi) is 6.17. The second-order valence-electron chi connectivity index (χ2n) is 5.06. The van der Waals surface area contributed by atoms with E-state index in [9.17, 15) is 8.42 Å². The van der Waals surface area contributed by atoms with Gasteiger partial charge in [-0.2, -0.15) is 9.57 Å². The fraction of sp³-hybridized carbons (Fsp3) is 0.500. The van der Waals surface area contributed by atoms with Gasteiger partial charge in [0, 0.05) is 19.1 Å². The van der Waals surface area contributed by atoms with Crippen molar-refractivity contribution in [1.82, 2.24) is 9.62 Å². The number of nitrogens with zero attached hydrogens (tertiary/aromatic N) is 2. The van der Waals surface area contributed by atoms with E-state index in [1.54, 1.807) is 19.1 Å². The van der Waals surface area contributed by atoms with Gasteiger partial charge in [-0.25, -0.2) is 8.42 Å². The molecule has 1 aliphatic rings. The smallest absolute Gasteiger partial charge is 0.243 e. The van der Waals surface area contributed by atoms with Crippen molar-refractivity contribution in [2.24, 2.45) is 0 Å². The third kappa shape index (κ3) is 3.74. The SMILES string of the molecule is CNC1CCN(S(=O)(=O)c2cc(C#N)ccc2C)CC1.Cl. The molecule has 5 nitrogen and oxygen atoms in total. The molecule has 0 atom stereocenters. The molecule has 1 N–H and O–H groups in total. The molecule has 7 heteroatoms. The van der Waals surface area contributed by atoms with Gasteiger partial charge in [-0.05, 0) is 44.5 Å². The molecule has 0 spiro atoms. The fourth-order valence-electron chi connectivity index (χ4n) is 2.47. The lowest BCUT2D eigenvalue weighted by Crippen LogP contribution is -2.44. The number of benzene rings is 1. The first-order valence-electron chi connectivity index (χ1n) is 6.67. The lowest BCUT2D eigenvalue weighted by atomic mass is 10.1. The molecule has 1 aromatic carbocycles. The normalized spacial score (nSPS) is 17.0. The highest BCUT2D eigenvalue weighted by molar-refractivity contribution is 7.89. The van der Waals surface area contributed by atoms with Crippen molar-refractivity contribution >= 4 is 22.4 Å². The Morgan fingerprint density at radius 2 is 1.95 bits per heavy atom. The van der Waals surface area contributed by atoms with E-state index >= 15 is 0 Å². The first-order chi connectivity index (χ1) is 9.48. The van der Waals surface area contributed by atoms with Gasteiger partial charge < -0.3 is 5.32 Å². The average molecular weight is 330 g/mol. The molecule has 1 fully saturated rings. The molecule has 1 saturated heterocycles. The molecule has 0 saturated carbocycles. The first-order valence-corrected chi connectivity index (χ1v) is 8.11. The van der Waals surface area contributed by atoms with Gasteiger partial charge >= 0.3 is 0 Å². The Balaban J connectivity index is 0.00000220. The lowest BCUT2D eigenvalue weighted by molar-refractivity contribution is 0.298. The molecule has 21 heavy (non-hydrogen) atoms. The van der Waals surface area contributed by atoms with Crippen LogP contribution in [0.5, 0.6) is 0 Å². The predicted molar refractivity (Wildman–Crippen MR) is 84.0 cm³/mol. The number of hydrogen-bond acceptors (Lipinski definition) is 4. The number of nitrogens with one attached hydrogen (secondary N) is 1. The van der Waals surface area contributed by atoms with Crippen LogP contribution in [0.1, 0.15) is 24.0 Å². The maximum absolute atomic E-state index is 12.7. The molecule has 0 bridgehead atoms. The molecule has 116 valence electrons. The summed E-state index contributed by atoms with van der Waals surface area (Å²) in [7, 11) is -1.60. The number of hydrogen-bond donors (Lipinski definition) is 1. The summed E-state index contributed by atoms with van der Waals surface area (Å²) in [6.45, 7) is 2.79. The Bertz CT molecular complexity index is 632. The molecule has 0 aliphatic carbocycles. The zero-order chi connectivity index (χ0) is 14.8. The van der Waals surface area contributed by atoms with Crippen LogP contribution in [0.3, 0.4) is 0 Å². The third-order valence-corrected chi connectivity index (χ3v) is 5.84. The Labute approximate surface area is 132 Å². The molecule has 1 aliphatic heterocycles. The summed E-state index contributed by atoms with van der Waals surface area (Å²) in [4.78, 5) is 0.249. The Morgan fingerprint density at radius 1 is 1.33 bits per heavy atom.